The van der Waals surface area contributed by atoms with E-state index in [4.69, 9.17) is 9.47 Å². The van der Waals surface area contributed by atoms with Crippen LogP contribution >= 0.6 is 0 Å². The lowest BCUT2D eigenvalue weighted by atomic mass is 10.1. The van der Waals surface area contributed by atoms with Crippen molar-refractivity contribution >= 4 is 23.2 Å². The summed E-state index contributed by atoms with van der Waals surface area (Å²) in [6.07, 6.45) is 0.550. The largest absolute Gasteiger partial charge is 0.494 e. The summed E-state index contributed by atoms with van der Waals surface area (Å²) in [6.45, 7) is 9.81. The molecular weight excluding hydrogens is 394 g/mol. The van der Waals surface area contributed by atoms with Crippen molar-refractivity contribution in [3.8, 4) is 11.5 Å². The van der Waals surface area contributed by atoms with E-state index >= 15 is 0 Å². The van der Waals surface area contributed by atoms with Crippen molar-refractivity contribution < 1.29 is 19.1 Å². The Labute approximate surface area is 183 Å². The lowest BCUT2D eigenvalue weighted by Gasteiger charge is -2.36. The molecule has 2 aromatic rings. The van der Waals surface area contributed by atoms with E-state index in [0.717, 1.165) is 31.9 Å². The van der Waals surface area contributed by atoms with Crippen LogP contribution in [0.5, 0.6) is 11.5 Å². The highest BCUT2D eigenvalue weighted by atomic mass is 16.5. The van der Waals surface area contributed by atoms with E-state index in [1.807, 2.05) is 49.9 Å². The molecule has 1 saturated heterocycles. The molecule has 166 valence electrons. The fourth-order valence-corrected chi connectivity index (χ4v) is 3.60. The van der Waals surface area contributed by atoms with Crippen LogP contribution in [0.4, 0.5) is 11.4 Å². The van der Waals surface area contributed by atoms with E-state index in [9.17, 15) is 9.59 Å². The quantitative estimate of drug-likeness (QED) is 0.697. The summed E-state index contributed by atoms with van der Waals surface area (Å²) in [4.78, 5) is 28.8. The smallest absolute Gasteiger partial charge is 0.255 e. The average molecular weight is 426 g/mol. The first kappa shape index (κ1) is 22.5. The Morgan fingerprint density at radius 3 is 1.97 bits per heavy atom. The van der Waals surface area contributed by atoms with Gasteiger partial charge in [0, 0.05) is 55.6 Å². The maximum atomic E-state index is 12.8. The van der Waals surface area contributed by atoms with Crippen LogP contribution in [0.15, 0.2) is 42.5 Å². The highest BCUT2D eigenvalue weighted by Crippen LogP contribution is 2.25. The lowest BCUT2D eigenvalue weighted by Crippen LogP contribution is -2.48. The molecule has 0 saturated carbocycles. The predicted octanol–water partition coefficient (Wildman–Crippen LogP) is 3.79. The molecule has 1 aliphatic heterocycles. The average Bonchev–Trinajstić information content (AvgIpc) is 2.79. The van der Waals surface area contributed by atoms with Gasteiger partial charge in [-0.1, -0.05) is 6.92 Å². The van der Waals surface area contributed by atoms with Crippen molar-refractivity contribution in [2.45, 2.75) is 27.2 Å². The molecule has 1 fully saturated rings. The van der Waals surface area contributed by atoms with Crippen LogP contribution in [0, 0.1) is 0 Å². The van der Waals surface area contributed by atoms with Crippen LogP contribution in [-0.4, -0.2) is 56.1 Å². The highest BCUT2D eigenvalue weighted by molar-refractivity contribution is 6.04. The summed E-state index contributed by atoms with van der Waals surface area (Å²) in [5.41, 5.74) is 2.28. The van der Waals surface area contributed by atoms with E-state index in [0.29, 0.717) is 42.4 Å². The van der Waals surface area contributed by atoms with Gasteiger partial charge < -0.3 is 24.6 Å². The minimum atomic E-state index is -0.220. The molecule has 2 amide bonds. The van der Waals surface area contributed by atoms with Gasteiger partial charge in [-0.3, -0.25) is 9.59 Å². The van der Waals surface area contributed by atoms with Crippen LogP contribution in [0.2, 0.25) is 0 Å². The third-order valence-electron chi connectivity index (χ3n) is 5.19. The monoisotopic (exact) mass is 425 g/mol. The van der Waals surface area contributed by atoms with Crippen LogP contribution < -0.4 is 19.7 Å². The van der Waals surface area contributed by atoms with E-state index in [-0.39, 0.29) is 11.8 Å². The standard InChI is InChI=1S/C24H31N3O4/c1-4-23(28)27-13-11-26(12-14-27)20-9-7-19(8-10-20)25-24(29)18-15-21(30-5-2)17-22(16-18)31-6-3/h7-10,15-17H,4-6,11-14H2,1-3H3,(H,25,29). The van der Waals surface area contributed by atoms with Crippen molar-refractivity contribution in [3.63, 3.8) is 0 Å². The molecule has 1 aliphatic rings. The van der Waals surface area contributed by atoms with Gasteiger partial charge in [-0.2, -0.15) is 0 Å². The molecular formula is C24H31N3O4. The summed E-state index contributed by atoms with van der Waals surface area (Å²) >= 11 is 0. The van der Waals surface area contributed by atoms with E-state index in [1.165, 1.54) is 0 Å². The zero-order valence-electron chi connectivity index (χ0n) is 18.5. The van der Waals surface area contributed by atoms with Gasteiger partial charge in [0.2, 0.25) is 5.91 Å². The Balaban J connectivity index is 1.63. The van der Waals surface area contributed by atoms with Gasteiger partial charge >= 0.3 is 0 Å². The number of anilines is 2. The molecule has 0 unspecified atom stereocenters. The van der Waals surface area contributed by atoms with Gasteiger partial charge in [0.05, 0.1) is 13.2 Å². The van der Waals surface area contributed by atoms with Crippen LogP contribution in [-0.2, 0) is 4.79 Å². The number of nitrogens with zero attached hydrogens (tertiary/aromatic N) is 2. The molecule has 0 atom stereocenters. The van der Waals surface area contributed by atoms with Crippen molar-refractivity contribution in [2.75, 3.05) is 49.6 Å². The zero-order valence-corrected chi connectivity index (χ0v) is 18.5. The molecule has 1 heterocycles. The molecule has 3 rings (SSSR count). The van der Waals surface area contributed by atoms with E-state index in [2.05, 4.69) is 10.2 Å². The number of piperazine rings is 1. The molecule has 7 heteroatoms. The van der Waals surface area contributed by atoms with Gasteiger partial charge in [-0.05, 0) is 50.2 Å². The van der Waals surface area contributed by atoms with Gasteiger partial charge in [0.25, 0.3) is 5.91 Å². The number of hydrogen-bond donors (Lipinski definition) is 1. The van der Waals surface area contributed by atoms with Gasteiger partial charge in [-0.15, -0.1) is 0 Å². The second-order valence-corrected chi connectivity index (χ2v) is 7.28. The van der Waals surface area contributed by atoms with E-state index in [1.54, 1.807) is 18.2 Å². The first-order chi connectivity index (χ1) is 15.0. The maximum Gasteiger partial charge on any atom is 0.255 e. The summed E-state index contributed by atoms with van der Waals surface area (Å²) in [5, 5.41) is 2.94. The minimum absolute atomic E-state index is 0.207. The Morgan fingerprint density at radius 2 is 1.45 bits per heavy atom. The summed E-state index contributed by atoms with van der Waals surface area (Å²) in [5.74, 6) is 1.20. The Bertz CT molecular complexity index is 866. The van der Waals surface area contributed by atoms with Gasteiger partial charge in [-0.25, -0.2) is 0 Å². The summed E-state index contributed by atoms with van der Waals surface area (Å²) in [6, 6.07) is 13.0. The zero-order chi connectivity index (χ0) is 22.2. The van der Waals surface area contributed by atoms with Crippen molar-refractivity contribution in [1.82, 2.24) is 4.90 Å². The van der Waals surface area contributed by atoms with Crippen LogP contribution in [0.25, 0.3) is 0 Å². The summed E-state index contributed by atoms with van der Waals surface area (Å²) in [7, 11) is 0. The number of benzene rings is 2. The number of hydrogen-bond acceptors (Lipinski definition) is 5. The highest BCUT2D eigenvalue weighted by Gasteiger charge is 2.20. The molecule has 0 bridgehead atoms. The molecule has 0 aromatic heterocycles. The van der Waals surface area contributed by atoms with Crippen molar-refractivity contribution in [3.05, 3.63) is 48.0 Å². The minimum Gasteiger partial charge on any atom is -0.494 e. The maximum absolute atomic E-state index is 12.8. The first-order valence-corrected chi connectivity index (χ1v) is 10.9. The molecule has 0 aliphatic carbocycles. The Morgan fingerprint density at radius 1 is 0.871 bits per heavy atom. The normalized spacial score (nSPS) is 13.6. The SMILES string of the molecule is CCOc1cc(OCC)cc(C(=O)Nc2ccc(N3CCN(C(=O)CC)CC3)cc2)c1. The molecule has 0 radical (unpaired) electrons. The van der Waals surface area contributed by atoms with Crippen LogP contribution in [0.1, 0.15) is 37.6 Å². The van der Waals surface area contributed by atoms with E-state index < -0.39 is 0 Å². The van der Waals surface area contributed by atoms with Crippen molar-refractivity contribution in [2.24, 2.45) is 0 Å². The molecule has 31 heavy (non-hydrogen) atoms. The van der Waals surface area contributed by atoms with Crippen molar-refractivity contribution in [1.29, 1.82) is 0 Å². The number of rotatable bonds is 8. The second-order valence-electron chi connectivity index (χ2n) is 7.28. The topological polar surface area (TPSA) is 71.1 Å². The Kier molecular flexibility index (Phi) is 7.76. The molecule has 7 nitrogen and oxygen atoms in total. The lowest BCUT2D eigenvalue weighted by molar-refractivity contribution is -0.131. The summed E-state index contributed by atoms with van der Waals surface area (Å²) < 4.78 is 11.1. The van der Waals surface area contributed by atoms with Crippen LogP contribution in [0.3, 0.4) is 0 Å². The first-order valence-electron chi connectivity index (χ1n) is 10.9. The van der Waals surface area contributed by atoms with Gasteiger partial charge in [0.15, 0.2) is 0 Å². The molecule has 1 N–H and O–H groups in total. The molecule has 2 aromatic carbocycles. The van der Waals surface area contributed by atoms with Gasteiger partial charge in [0.1, 0.15) is 11.5 Å². The second kappa shape index (κ2) is 10.7. The molecule has 0 spiro atoms. The third kappa shape index (κ3) is 5.90. The Hall–Kier alpha value is -3.22. The fourth-order valence-electron chi connectivity index (χ4n) is 3.60. The third-order valence-corrected chi connectivity index (χ3v) is 5.19. The fraction of sp³-hybridized carbons (Fsp3) is 0.417. The number of ether oxygens (including phenoxy) is 2. The number of carbonyl (C=O) groups excluding carboxylic acids is 2. The number of nitrogens with one attached hydrogen (secondary N) is 1. The number of amides is 2. The predicted molar refractivity (Wildman–Crippen MR) is 122 cm³/mol. The number of carbonyl (C=O) groups is 2.